The SMILES string of the molecule is CCOc1cn(-c2ccc(F)cc2)nc1C(=O)Nc1ccc(F)c(Cl)c1. The number of hydrogen-bond acceptors (Lipinski definition) is 3. The van der Waals surface area contributed by atoms with E-state index in [1.165, 1.54) is 47.3 Å². The summed E-state index contributed by atoms with van der Waals surface area (Å²) in [5.74, 6) is -1.24. The molecule has 0 fully saturated rings. The van der Waals surface area contributed by atoms with Crippen LogP contribution in [-0.4, -0.2) is 22.3 Å². The molecule has 0 unspecified atom stereocenters. The third-order valence-electron chi connectivity index (χ3n) is 3.46. The Bertz CT molecular complexity index is 942. The Balaban J connectivity index is 1.90. The molecule has 8 heteroatoms. The number of nitrogens with zero attached hydrogens (tertiary/aromatic N) is 2. The second kappa shape index (κ2) is 7.53. The van der Waals surface area contributed by atoms with Crippen molar-refractivity contribution in [2.45, 2.75) is 6.92 Å². The van der Waals surface area contributed by atoms with Crippen LogP contribution in [-0.2, 0) is 0 Å². The van der Waals surface area contributed by atoms with Gasteiger partial charge in [-0.15, -0.1) is 0 Å². The minimum Gasteiger partial charge on any atom is -0.490 e. The molecular formula is C18H14ClF2N3O2. The summed E-state index contributed by atoms with van der Waals surface area (Å²) in [5.41, 5.74) is 0.924. The number of carbonyl (C=O) groups excluding carboxylic acids is 1. The van der Waals surface area contributed by atoms with Gasteiger partial charge in [0, 0.05) is 5.69 Å². The monoisotopic (exact) mass is 377 g/mol. The highest BCUT2D eigenvalue weighted by Crippen LogP contribution is 2.23. The Morgan fingerprint density at radius 3 is 2.62 bits per heavy atom. The van der Waals surface area contributed by atoms with E-state index in [-0.39, 0.29) is 22.3 Å². The maximum absolute atomic E-state index is 13.2. The van der Waals surface area contributed by atoms with E-state index in [0.29, 0.717) is 18.0 Å². The lowest BCUT2D eigenvalue weighted by Gasteiger charge is -2.06. The first kappa shape index (κ1) is 17.9. The van der Waals surface area contributed by atoms with E-state index in [0.717, 1.165) is 6.07 Å². The molecule has 5 nitrogen and oxygen atoms in total. The molecular weight excluding hydrogens is 364 g/mol. The van der Waals surface area contributed by atoms with E-state index in [4.69, 9.17) is 16.3 Å². The fraction of sp³-hybridized carbons (Fsp3) is 0.111. The fourth-order valence-corrected chi connectivity index (χ4v) is 2.45. The van der Waals surface area contributed by atoms with Gasteiger partial charge in [0.1, 0.15) is 11.6 Å². The lowest BCUT2D eigenvalue weighted by Crippen LogP contribution is -2.14. The first-order valence-electron chi connectivity index (χ1n) is 7.72. The van der Waals surface area contributed by atoms with Gasteiger partial charge in [0.25, 0.3) is 5.91 Å². The van der Waals surface area contributed by atoms with Crippen molar-refractivity contribution in [2.24, 2.45) is 0 Å². The largest absolute Gasteiger partial charge is 0.490 e. The van der Waals surface area contributed by atoms with Crippen LogP contribution in [0.4, 0.5) is 14.5 Å². The van der Waals surface area contributed by atoms with Crippen LogP contribution in [0.15, 0.2) is 48.7 Å². The quantitative estimate of drug-likeness (QED) is 0.714. The molecule has 3 rings (SSSR count). The lowest BCUT2D eigenvalue weighted by molar-refractivity contribution is 0.101. The highest BCUT2D eigenvalue weighted by molar-refractivity contribution is 6.31. The van der Waals surface area contributed by atoms with Gasteiger partial charge in [0.15, 0.2) is 11.4 Å². The third kappa shape index (κ3) is 3.83. The molecule has 1 heterocycles. The van der Waals surface area contributed by atoms with Gasteiger partial charge in [-0.05, 0) is 49.4 Å². The normalized spacial score (nSPS) is 10.6. The molecule has 2 aromatic carbocycles. The number of amides is 1. The molecule has 0 saturated carbocycles. The maximum Gasteiger partial charge on any atom is 0.280 e. The molecule has 1 N–H and O–H groups in total. The molecule has 0 aliphatic heterocycles. The molecule has 134 valence electrons. The van der Waals surface area contributed by atoms with E-state index >= 15 is 0 Å². The summed E-state index contributed by atoms with van der Waals surface area (Å²) in [4.78, 5) is 12.5. The number of hydrogen-bond donors (Lipinski definition) is 1. The van der Waals surface area contributed by atoms with Gasteiger partial charge in [0.05, 0.1) is 23.5 Å². The number of anilines is 1. The van der Waals surface area contributed by atoms with Gasteiger partial charge in [0.2, 0.25) is 0 Å². The Hall–Kier alpha value is -2.93. The average Bonchev–Trinajstić information content (AvgIpc) is 3.03. The van der Waals surface area contributed by atoms with Gasteiger partial charge < -0.3 is 10.1 Å². The van der Waals surface area contributed by atoms with Gasteiger partial charge >= 0.3 is 0 Å². The molecule has 1 amide bonds. The fourth-order valence-electron chi connectivity index (χ4n) is 2.27. The number of rotatable bonds is 5. The molecule has 0 aliphatic rings. The topological polar surface area (TPSA) is 56.2 Å². The summed E-state index contributed by atoms with van der Waals surface area (Å²) in [6.07, 6.45) is 1.53. The van der Waals surface area contributed by atoms with Crippen LogP contribution in [0.25, 0.3) is 5.69 Å². The molecule has 3 aromatic rings. The Morgan fingerprint density at radius 2 is 1.96 bits per heavy atom. The predicted molar refractivity (Wildman–Crippen MR) is 94.1 cm³/mol. The van der Waals surface area contributed by atoms with E-state index in [1.54, 1.807) is 6.92 Å². The summed E-state index contributed by atoms with van der Waals surface area (Å²) in [5, 5.41) is 6.70. The summed E-state index contributed by atoms with van der Waals surface area (Å²) < 4.78 is 33.2. The van der Waals surface area contributed by atoms with Crippen LogP contribution < -0.4 is 10.1 Å². The van der Waals surface area contributed by atoms with Crippen molar-refractivity contribution >= 4 is 23.2 Å². The van der Waals surface area contributed by atoms with Crippen LogP contribution >= 0.6 is 11.6 Å². The van der Waals surface area contributed by atoms with E-state index < -0.39 is 11.7 Å². The number of benzene rings is 2. The summed E-state index contributed by atoms with van der Waals surface area (Å²) >= 11 is 5.72. The zero-order valence-electron chi connectivity index (χ0n) is 13.7. The first-order valence-corrected chi connectivity index (χ1v) is 8.10. The molecule has 0 atom stereocenters. The predicted octanol–water partition coefficient (Wildman–Crippen LogP) is 4.45. The number of halogens is 3. The lowest BCUT2D eigenvalue weighted by atomic mass is 10.3. The Morgan fingerprint density at radius 1 is 1.23 bits per heavy atom. The average molecular weight is 378 g/mol. The van der Waals surface area contributed by atoms with E-state index in [1.807, 2.05) is 0 Å². The van der Waals surface area contributed by atoms with Crippen molar-refractivity contribution in [3.63, 3.8) is 0 Å². The Kier molecular flexibility index (Phi) is 5.18. The van der Waals surface area contributed by atoms with Gasteiger partial charge in [-0.1, -0.05) is 11.6 Å². The van der Waals surface area contributed by atoms with Crippen LogP contribution in [0.1, 0.15) is 17.4 Å². The van der Waals surface area contributed by atoms with E-state index in [2.05, 4.69) is 10.4 Å². The first-order chi connectivity index (χ1) is 12.5. The van der Waals surface area contributed by atoms with Crippen LogP contribution in [0.2, 0.25) is 5.02 Å². The van der Waals surface area contributed by atoms with Gasteiger partial charge in [-0.3, -0.25) is 4.79 Å². The molecule has 26 heavy (non-hydrogen) atoms. The maximum atomic E-state index is 13.2. The van der Waals surface area contributed by atoms with Crippen LogP contribution in [0.3, 0.4) is 0 Å². The van der Waals surface area contributed by atoms with Crippen molar-refractivity contribution in [1.29, 1.82) is 0 Å². The van der Waals surface area contributed by atoms with Crippen molar-refractivity contribution in [3.8, 4) is 11.4 Å². The molecule has 1 aromatic heterocycles. The van der Waals surface area contributed by atoms with Crippen LogP contribution in [0.5, 0.6) is 5.75 Å². The van der Waals surface area contributed by atoms with Crippen molar-refractivity contribution in [1.82, 2.24) is 9.78 Å². The summed E-state index contributed by atoms with van der Waals surface area (Å²) in [6, 6.07) is 9.47. The summed E-state index contributed by atoms with van der Waals surface area (Å²) in [6.45, 7) is 2.11. The Labute approximate surface area is 153 Å². The molecule has 0 aliphatic carbocycles. The molecule has 0 radical (unpaired) electrons. The second-order valence-corrected chi connectivity index (χ2v) is 5.69. The molecule has 0 bridgehead atoms. The van der Waals surface area contributed by atoms with Gasteiger partial charge in [-0.25, -0.2) is 13.5 Å². The third-order valence-corrected chi connectivity index (χ3v) is 3.75. The van der Waals surface area contributed by atoms with Crippen molar-refractivity contribution in [3.05, 3.63) is 71.0 Å². The highest BCUT2D eigenvalue weighted by Gasteiger charge is 2.19. The zero-order chi connectivity index (χ0) is 18.7. The zero-order valence-corrected chi connectivity index (χ0v) is 14.4. The highest BCUT2D eigenvalue weighted by atomic mass is 35.5. The number of ether oxygens (including phenoxy) is 1. The summed E-state index contributed by atoms with van der Waals surface area (Å²) in [7, 11) is 0. The standard InChI is InChI=1S/C18H14ClF2N3O2/c1-2-26-16-10-24(13-6-3-11(20)4-7-13)23-17(16)18(25)22-12-5-8-15(21)14(19)9-12/h3-10H,2H2,1H3,(H,22,25). The molecule has 0 spiro atoms. The second-order valence-electron chi connectivity index (χ2n) is 5.28. The smallest absolute Gasteiger partial charge is 0.280 e. The van der Waals surface area contributed by atoms with E-state index in [9.17, 15) is 13.6 Å². The minimum absolute atomic E-state index is 0.0385. The number of nitrogens with one attached hydrogen (secondary N) is 1. The van der Waals surface area contributed by atoms with Crippen molar-refractivity contribution in [2.75, 3.05) is 11.9 Å². The number of aromatic nitrogens is 2. The van der Waals surface area contributed by atoms with Crippen molar-refractivity contribution < 1.29 is 18.3 Å². The van der Waals surface area contributed by atoms with Gasteiger partial charge in [-0.2, -0.15) is 5.10 Å². The number of carbonyl (C=O) groups is 1. The molecule has 0 saturated heterocycles. The van der Waals surface area contributed by atoms with Crippen LogP contribution in [0, 0.1) is 11.6 Å². The minimum atomic E-state index is -0.583.